The number of hydrogen-bond donors (Lipinski definition) is 1. The molecular formula is C16H21FN2S. The van der Waals surface area contributed by atoms with Crippen LogP contribution < -0.4 is 5.73 Å². The number of hydrogen-bond acceptors (Lipinski definition) is 3. The fourth-order valence-corrected chi connectivity index (χ4v) is 3.17. The molecule has 0 bridgehead atoms. The molecule has 1 aromatic carbocycles. The number of aryl methyl sites for hydroxylation is 1. The van der Waals surface area contributed by atoms with Gasteiger partial charge in [-0.25, -0.2) is 4.39 Å². The molecule has 0 aliphatic carbocycles. The first kappa shape index (κ1) is 15.2. The van der Waals surface area contributed by atoms with Gasteiger partial charge < -0.3 is 5.73 Å². The highest BCUT2D eigenvalue weighted by Crippen LogP contribution is 2.26. The number of halogens is 1. The van der Waals surface area contributed by atoms with Crippen molar-refractivity contribution in [1.82, 2.24) is 4.90 Å². The van der Waals surface area contributed by atoms with Crippen LogP contribution in [0.5, 0.6) is 0 Å². The molecule has 2 rings (SSSR count). The van der Waals surface area contributed by atoms with Gasteiger partial charge in [0.05, 0.1) is 6.04 Å². The summed E-state index contributed by atoms with van der Waals surface area (Å²) in [5.74, 6) is -0.171. The van der Waals surface area contributed by atoms with Crippen molar-refractivity contribution in [1.29, 1.82) is 0 Å². The number of thiophene rings is 1. The van der Waals surface area contributed by atoms with Crippen LogP contribution in [0.25, 0.3) is 0 Å². The van der Waals surface area contributed by atoms with Crippen molar-refractivity contribution in [3.05, 3.63) is 57.5 Å². The Labute approximate surface area is 124 Å². The van der Waals surface area contributed by atoms with E-state index in [4.69, 9.17) is 5.73 Å². The molecule has 108 valence electrons. The van der Waals surface area contributed by atoms with Crippen molar-refractivity contribution in [2.24, 2.45) is 5.73 Å². The molecule has 0 saturated carbocycles. The summed E-state index contributed by atoms with van der Waals surface area (Å²) in [5.41, 5.74) is 7.69. The molecule has 4 heteroatoms. The minimum absolute atomic E-state index is 0.0815. The molecule has 0 amide bonds. The maximum Gasteiger partial charge on any atom is 0.128 e. The van der Waals surface area contributed by atoms with Gasteiger partial charge in [-0.2, -0.15) is 0 Å². The Kier molecular flexibility index (Phi) is 5.29. The van der Waals surface area contributed by atoms with Gasteiger partial charge in [0.2, 0.25) is 0 Å². The summed E-state index contributed by atoms with van der Waals surface area (Å²) < 4.78 is 14.1. The summed E-state index contributed by atoms with van der Waals surface area (Å²) in [6.07, 6.45) is 0. The van der Waals surface area contributed by atoms with Crippen LogP contribution in [0.1, 0.15) is 29.0 Å². The zero-order valence-corrected chi connectivity index (χ0v) is 12.8. The maximum absolute atomic E-state index is 14.1. The van der Waals surface area contributed by atoms with E-state index in [1.165, 1.54) is 10.9 Å². The van der Waals surface area contributed by atoms with Crippen molar-refractivity contribution < 1.29 is 4.39 Å². The quantitative estimate of drug-likeness (QED) is 0.879. The topological polar surface area (TPSA) is 29.3 Å². The second-order valence-corrected chi connectivity index (χ2v) is 5.95. The molecular weight excluding hydrogens is 271 g/mol. The van der Waals surface area contributed by atoms with Crippen molar-refractivity contribution in [2.75, 3.05) is 13.1 Å². The predicted octanol–water partition coefficient (Wildman–Crippen LogP) is 3.72. The van der Waals surface area contributed by atoms with E-state index >= 15 is 0 Å². The summed E-state index contributed by atoms with van der Waals surface area (Å²) in [5, 5.41) is 2.06. The molecule has 0 saturated heterocycles. The maximum atomic E-state index is 14.1. The highest BCUT2D eigenvalue weighted by Gasteiger charge is 2.21. The SMILES string of the molecule is CCN(Cc1cccs1)C(CN)c1cc(C)ccc1F. The van der Waals surface area contributed by atoms with Crippen molar-refractivity contribution in [2.45, 2.75) is 26.4 Å². The third-order valence-corrected chi connectivity index (χ3v) is 4.38. The standard InChI is InChI=1S/C16H21FN2S/c1-3-19(11-13-5-4-8-20-13)16(10-18)14-9-12(2)6-7-15(14)17/h4-9,16H,3,10-11,18H2,1-2H3. The van der Waals surface area contributed by atoms with E-state index in [9.17, 15) is 4.39 Å². The van der Waals surface area contributed by atoms with Crippen LogP contribution in [0.2, 0.25) is 0 Å². The van der Waals surface area contributed by atoms with Gasteiger partial charge in [0.25, 0.3) is 0 Å². The van der Waals surface area contributed by atoms with E-state index in [0.717, 1.165) is 18.7 Å². The van der Waals surface area contributed by atoms with Gasteiger partial charge in [0, 0.05) is 23.5 Å². The Bertz CT molecular complexity index is 539. The van der Waals surface area contributed by atoms with E-state index < -0.39 is 0 Å². The van der Waals surface area contributed by atoms with Gasteiger partial charge in [-0.05, 0) is 31.0 Å². The molecule has 0 fully saturated rings. The molecule has 2 N–H and O–H groups in total. The van der Waals surface area contributed by atoms with Crippen LogP contribution in [-0.2, 0) is 6.54 Å². The minimum atomic E-state index is -0.171. The van der Waals surface area contributed by atoms with E-state index in [2.05, 4.69) is 23.3 Å². The van der Waals surface area contributed by atoms with E-state index in [1.54, 1.807) is 17.4 Å². The normalized spacial score (nSPS) is 12.8. The fraction of sp³-hybridized carbons (Fsp3) is 0.375. The second kappa shape index (κ2) is 6.97. The van der Waals surface area contributed by atoms with Crippen LogP contribution in [-0.4, -0.2) is 18.0 Å². The molecule has 0 aliphatic heterocycles. The summed E-state index contributed by atoms with van der Waals surface area (Å²) in [6, 6.07) is 9.30. The highest BCUT2D eigenvalue weighted by atomic mass is 32.1. The minimum Gasteiger partial charge on any atom is -0.329 e. The lowest BCUT2D eigenvalue weighted by molar-refractivity contribution is 0.201. The number of nitrogens with zero attached hydrogens (tertiary/aromatic N) is 1. The number of likely N-dealkylation sites (N-methyl/N-ethyl adjacent to an activating group) is 1. The summed E-state index contributed by atoms with van der Waals surface area (Å²) in [6.45, 7) is 6.13. The van der Waals surface area contributed by atoms with Crippen molar-refractivity contribution in [3.63, 3.8) is 0 Å². The zero-order chi connectivity index (χ0) is 14.5. The van der Waals surface area contributed by atoms with Gasteiger partial charge >= 0.3 is 0 Å². The molecule has 0 spiro atoms. The Morgan fingerprint density at radius 3 is 2.75 bits per heavy atom. The predicted molar refractivity (Wildman–Crippen MR) is 83.3 cm³/mol. The molecule has 2 aromatic rings. The number of rotatable bonds is 6. The van der Waals surface area contributed by atoms with Gasteiger partial charge in [0.15, 0.2) is 0 Å². The zero-order valence-electron chi connectivity index (χ0n) is 12.0. The highest BCUT2D eigenvalue weighted by molar-refractivity contribution is 7.09. The van der Waals surface area contributed by atoms with Crippen LogP contribution in [0.3, 0.4) is 0 Å². The smallest absolute Gasteiger partial charge is 0.128 e. The molecule has 1 heterocycles. The molecule has 1 aromatic heterocycles. The van der Waals surface area contributed by atoms with Gasteiger partial charge in [-0.1, -0.05) is 30.7 Å². The monoisotopic (exact) mass is 292 g/mol. The first-order chi connectivity index (χ1) is 9.65. The largest absolute Gasteiger partial charge is 0.329 e. The molecule has 0 aliphatic rings. The lowest BCUT2D eigenvalue weighted by Crippen LogP contribution is -2.33. The first-order valence-corrected chi connectivity index (χ1v) is 7.76. The van der Waals surface area contributed by atoms with Gasteiger partial charge in [-0.15, -0.1) is 11.3 Å². The third kappa shape index (κ3) is 3.45. The second-order valence-electron chi connectivity index (χ2n) is 4.92. The number of nitrogens with two attached hydrogens (primary N) is 1. The summed E-state index contributed by atoms with van der Waals surface area (Å²) in [4.78, 5) is 3.50. The Balaban J connectivity index is 2.26. The summed E-state index contributed by atoms with van der Waals surface area (Å²) >= 11 is 1.72. The molecule has 20 heavy (non-hydrogen) atoms. The Hall–Kier alpha value is -1.23. The van der Waals surface area contributed by atoms with Crippen LogP contribution in [0.4, 0.5) is 4.39 Å². The van der Waals surface area contributed by atoms with E-state index in [1.807, 2.05) is 19.1 Å². The Morgan fingerprint density at radius 2 is 2.15 bits per heavy atom. The molecule has 1 atom stereocenters. The van der Waals surface area contributed by atoms with Crippen LogP contribution in [0, 0.1) is 12.7 Å². The van der Waals surface area contributed by atoms with E-state index in [-0.39, 0.29) is 11.9 Å². The molecule has 0 radical (unpaired) electrons. The van der Waals surface area contributed by atoms with Crippen molar-refractivity contribution >= 4 is 11.3 Å². The number of benzene rings is 1. The average Bonchev–Trinajstić information content (AvgIpc) is 2.95. The van der Waals surface area contributed by atoms with Crippen LogP contribution in [0.15, 0.2) is 35.7 Å². The molecule has 2 nitrogen and oxygen atoms in total. The lowest BCUT2D eigenvalue weighted by atomic mass is 10.0. The van der Waals surface area contributed by atoms with Crippen LogP contribution >= 0.6 is 11.3 Å². The van der Waals surface area contributed by atoms with E-state index in [0.29, 0.717) is 12.1 Å². The lowest BCUT2D eigenvalue weighted by Gasteiger charge is -2.30. The Morgan fingerprint density at radius 1 is 1.35 bits per heavy atom. The average molecular weight is 292 g/mol. The van der Waals surface area contributed by atoms with Crippen molar-refractivity contribution in [3.8, 4) is 0 Å². The first-order valence-electron chi connectivity index (χ1n) is 6.88. The third-order valence-electron chi connectivity index (χ3n) is 3.52. The van der Waals surface area contributed by atoms with Gasteiger partial charge in [-0.3, -0.25) is 4.90 Å². The molecule has 1 unspecified atom stereocenters. The van der Waals surface area contributed by atoms with Gasteiger partial charge in [0.1, 0.15) is 5.82 Å². The summed E-state index contributed by atoms with van der Waals surface area (Å²) in [7, 11) is 0. The fourth-order valence-electron chi connectivity index (χ4n) is 2.44.